The lowest BCUT2D eigenvalue weighted by Crippen LogP contribution is -2.41. The van der Waals surface area contributed by atoms with Gasteiger partial charge in [0.1, 0.15) is 0 Å². The molecule has 0 aromatic heterocycles. The fourth-order valence-electron chi connectivity index (χ4n) is 3.12. The topological polar surface area (TPSA) is 75.7 Å². The van der Waals surface area contributed by atoms with Crippen LogP contribution in [0.15, 0.2) is 24.3 Å². The van der Waals surface area contributed by atoms with Crippen molar-refractivity contribution in [3.63, 3.8) is 0 Å². The number of anilines is 1. The van der Waals surface area contributed by atoms with Crippen LogP contribution in [0.4, 0.5) is 18.9 Å². The summed E-state index contributed by atoms with van der Waals surface area (Å²) in [5.41, 5.74) is -0.635. The van der Waals surface area contributed by atoms with Gasteiger partial charge in [0.2, 0.25) is 5.91 Å². The van der Waals surface area contributed by atoms with Crippen LogP contribution in [0.5, 0.6) is 0 Å². The molecule has 1 aromatic carbocycles. The van der Waals surface area contributed by atoms with E-state index in [4.69, 9.17) is 4.74 Å². The first kappa shape index (κ1) is 20.2. The van der Waals surface area contributed by atoms with Crippen molar-refractivity contribution in [3.05, 3.63) is 29.8 Å². The smallest absolute Gasteiger partial charge is 0.416 e. The van der Waals surface area contributed by atoms with Gasteiger partial charge in [-0.3, -0.25) is 14.4 Å². The number of esters is 1. The fourth-order valence-corrected chi connectivity index (χ4v) is 3.12. The molecule has 1 aliphatic carbocycles. The molecule has 3 rings (SSSR count). The summed E-state index contributed by atoms with van der Waals surface area (Å²) in [4.78, 5) is 37.7. The minimum atomic E-state index is -4.45. The van der Waals surface area contributed by atoms with Gasteiger partial charge in [0.05, 0.1) is 11.5 Å². The van der Waals surface area contributed by atoms with Gasteiger partial charge in [0, 0.05) is 24.7 Å². The molecule has 1 saturated heterocycles. The normalized spacial score (nSPS) is 17.9. The molecule has 2 aliphatic rings. The van der Waals surface area contributed by atoms with Gasteiger partial charge in [0.15, 0.2) is 6.61 Å². The molecule has 2 amide bonds. The lowest BCUT2D eigenvalue weighted by Gasteiger charge is -2.31. The molecule has 2 fully saturated rings. The summed E-state index contributed by atoms with van der Waals surface area (Å²) in [6, 6.07) is 3.99. The molecule has 152 valence electrons. The Labute approximate surface area is 160 Å². The number of amides is 2. The van der Waals surface area contributed by atoms with Gasteiger partial charge in [-0.1, -0.05) is 0 Å². The number of halogens is 3. The van der Waals surface area contributed by atoms with Crippen LogP contribution in [0.2, 0.25) is 0 Å². The van der Waals surface area contributed by atoms with Crippen LogP contribution in [0, 0.1) is 11.8 Å². The largest absolute Gasteiger partial charge is 0.455 e. The second-order valence-corrected chi connectivity index (χ2v) is 7.10. The maximum Gasteiger partial charge on any atom is 0.416 e. The third kappa shape index (κ3) is 5.24. The van der Waals surface area contributed by atoms with E-state index in [1.165, 1.54) is 0 Å². The maximum absolute atomic E-state index is 12.5. The Morgan fingerprint density at radius 2 is 1.61 bits per heavy atom. The van der Waals surface area contributed by atoms with Crippen LogP contribution in [0.3, 0.4) is 0 Å². The van der Waals surface area contributed by atoms with Gasteiger partial charge >= 0.3 is 12.1 Å². The van der Waals surface area contributed by atoms with Crippen LogP contribution in [0.1, 0.15) is 31.2 Å². The second kappa shape index (κ2) is 8.20. The first-order valence-electron chi connectivity index (χ1n) is 9.16. The quantitative estimate of drug-likeness (QED) is 0.774. The molecule has 0 atom stereocenters. The molecule has 0 bridgehead atoms. The highest BCUT2D eigenvalue weighted by Crippen LogP contribution is 2.32. The highest BCUT2D eigenvalue weighted by atomic mass is 19.4. The molecule has 0 radical (unpaired) electrons. The highest BCUT2D eigenvalue weighted by molar-refractivity contribution is 5.93. The summed E-state index contributed by atoms with van der Waals surface area (Å²) >= 11 is 0. The Bertz CT molecular complexity index is 737. The number of nitrogens with zero attached hydrogens (tertiary/aromatic N) is 1. The summed E-state index contributed by atoms with van der Waals surface area (Å²) in [5.74, 6) is -1.18. The molecule has 1 saturated carbocycles. The number of piperidine rings is 1. The lowest BCUT2D eigenvalue weighted by atomic mass is 9.97. The summed E-state index contributed by atoms with van der Waals surface area (Å²) in [6.07, 6.45) is -1.57. The molecular formula is C19H21F3N2O4. The average Bonchev–Trinajstić information content (AvgIpc) is 3.50. The summed E-state index contributed by atoms with van der Waals surface area (Å²) in [7, 11) is 0. The second-order valence-electron chi connectivity index (χ2n) is 7.10. The SMILES string of the molecule is O=C(COC(=O)C1CCN(C(=O)C2CC2)CC1)Nc1ccc(C(F)(F)F)cc1. The molecule has 1 aliphatic heterocycles. The first-order chi connectivity index (χ1) is 13.2. The summed E-state index contributed by atoms with van der Waals surface area (Å²) < 4.78 is 42.6. The fraction of sp³-hybridized carbons (Fsp3) is 0.526. The van der Waals surface area contributed by atoms with Crippen LogP contribution in [-0.2, 0) is 25.3 Å². The van der Waals surface area contributed by atoms with Gasteiger partial charge in [-0.15, -0.1) is 0 Å². The van der Waals surface area contributed by atoms with Crippen molar-refractivity contribution in [3.8, 4) is 0 Å². The molecule has 9 heteroatoms. The van der Waals surface area contributed by atoms with E-state index in [0.29, 0.717) is 25.9 Å². The van der Waals surface area contributed by atoms with E-state index < -0.39 is 30.2 Å². The van der Waals surface area contributed by atoms with E-state index in [0.717, 1.165) is 37.1 Å². The number of likely N-dealkylation sites (tertiary alicyclic amines) is 1. The Balaban J connectivity index is 1.39. The lowest BCUT2D eigenvalue weighted by molar-refractivity contribution is -0.154. The van der Waals surface area contributed by atoms with E-state index in [9.17, 15) is 27.6 Å². The van der Waals surface area contributed by atoms with Crippen molar-refractivity contribution in [2.24, 2.45) is 11.8 Å². The van der Waals surface area contributed by atoms with Crippen molar-refractivity contribution in [1.82, 2.24) is 4.90 Å². The number of alkyl halides is 3. The number of carbonyl (C=O) groups excluding carboxylic acids is 3. The monoisotopic (exact) mass is 398 g/mol. The molecule has 1 N–H and O–H groups in total. The molecule has 1 aromatic rings. The van der Waals surface area contributed by atoms with Crippen molar-refractivity contribution in [2.45, 2.75) is 31.9 Å². The number of hydrogen-bond donors (Lipinski definition) is 1. The number of rotatable bonds is 5. The van der Waals surface area contributed by atoms with Crippen molar-refractivity contribution >= 4 is 23.5 Å². The van der Waals surface area contributed by atoms with E-state index in [-0.39, 0.29) is 23.4 Å². The van der Waals surface area contributed by atoms with E-state index in [2.05, 4.69) is 5.32 Å². The van der Waals surface area contributed by atoms with Crippen LogP contribution < -0.4 is 5.32 Å². The molecular weight excluding hydrogens is 377 g/mol. The number of carbonyl (C=O) groups is 3. The Hall–Kier alpha value is -2.58. The number of ether oxygens (including phenoxy) is 1. The van der Waals surface area contributed by atoms with Crippen LogP contribution >= 0.6 is 0 Å². The molecule has 1 heterocycles. The van der Waals surface area contributed by atoms with E-state index in [1.807, 2.05) is 0 Å². The van der Waals surface area contributed by atoms with Gasteiger partial charge in [0.25, 0.3) is 5.91 Å². The third-order valence-corrected chi connectivity index (χ3v) is 4.91. The minimum Gasteiger partial charge on any atom is -0.455 e. The van der Waals surface area contributed by atoms with Crippen molar-refractivity contribution < 1.29 is 32.3 Å². The molecule has 6 nitrogen and oxygen atoms in total. The number of nitrogens with one attached hydrogen (secondary N) is 1. The van der Waals surface area contributed by atoms with E-state index >= 15 is 0 Å². The van der Waals surface area contributed by atoms with Crippen molar-refractivity contribution in [1.29, 1.82) is 0 Å². The molecule has 28 heavy (non-hydrogen) atoms. The molecule has 0 unspecified atom stereocenters. The first-order valence-corrected chi connectivity index (χ1v) is 9.16. The third-order valence-electron chi connectivity index (χ3n) is 4.91. The van der Waals surface area contributed by atoms with Gasteiger partial charge < -0.3 is 15.0 Å². The highest BCUT2D eigenvalue weighted by Gasteiger charge is 2.36. The summed E-state index contributed by atoms with van der Waals surface area (Å²) in [5, 5.41) is 2.38. The average molecular weight is 398 g/mol. The predicted molar refractivity (Wildman–Crippen MR) is 93.1 cm³/mol. The number of hydrogen-bond acceptors (Lipinski definition) is 4. The Morgan fingerprint density at radius 3 is 2.14 bits per heavy atom. The zero-order valence-corrected chi connectivity index (χ0v) is 15.1. The van der Waals surface area contributed by atoms with Crippen LogP contribution in [0.25, 0.3) is 0 Å². The van der Waals surface area contributed by atoms with Crippen LogP contribution in [-0.4, -0.2) is 42.4 Å². The minimum absolute atomic E-state index is 0.150. The molecule has 0 spiro atoms. The Morgan fingerprint density at radius 1 is 1.00 bits per heavy atom. The predicted octanol–water partition coefficient (Wildman–Crippen LogP) is 2.84. The zero-order valence-electron chi connectivity index (χ0n) is 15.1. The van der Waals surface area contributed by atoms with Gasteiger partial charge in [-0.05, 0) is 49.9 Å². The van der Waals surface area contributed by atoms with Gasteiger partial charge in [-0.2, -0.15) is 13.2 Å². The summed E-state index contributed by atoms with van der Waals surface area (Å²) in [6.45, 7) is 0.501. The maximum atomic E-state index is 12.5. The number of benzene rings is 1. The van der Waals surface area contributed by atoms with E-state index in [1.54, 1.807) is 4.90 Å². The van der Waals surface area contributed by atoms with Gasteiger partial charge in [-0.25, -0.2) is 0 Å². The standard InChI is InChI=1S/C19H21F3N2O4/c20-19(21,22)14-3-5-15(6-4-14)23-16(25)11-28-18(27)13-7-9-24(10-8-13)17(26)12-1-2-12/h3-6,12-13H,1-2,7-11H2,(H,23,25). The zero-order chi connectivity index (χ0) is 20.3. The van der Waals surface area contributed by atoms with Crippen molar-refractivity contribution in [2.75, 3.05) is 25.0 Å². The Kier molecular flexibility index (Phi) is 5.90.